The first-order valence-corrected chi connectivity index (χ1v) is 10.1. The van der Waals surface area contributed by atoms with Gasteiger partial charge in [0.25, 0.3) is 0 Å². The molecule has 0 radical (unpaired) electrons. The van der Waals surface area contributed by atoms with Crippen LogP contribution in [0.3, 0.4) is 0 Å². The Bertz CT molecular complexity index is 560. The Morgan fingerprint density at radius 2 is 1.25 bits per heavy atom. The molecule has 0 aliphatic rings. The third-order valence-corrected chi connectivity index (χ3v) is 5.24. The topological polar surface area (TPSA) is 151 Å². The quantitative estimate of drug-likeness (QED) is 0.244. The number of amides is 3. The Balaban J connectivity index is 5.43. The summed E-state index contributed by atoms with van der Waals surface area (Å²) in [6.07, 6.45) is 1.20. The number of carboxylic acids is 1. The average Bonchev–Trinajstić information content (AvgIpc) is 2.67. The average molecular weight is 419 g/mol. The van der Waals surface area contributed by atoms with Gasteiger partial charge in [-0.05, 0) is 18.8 Å². The van der Waals surface area contributed by atoms with Crippen LogP contribution in [0.5, 0.6) is 0 Å². The number of aliphatic carboxylic acids is 1. The number of nitrogens with two attached hydrogens (primary N) is 1. The van der Waals surface area contributed by atoms with E-state index in [2.05, 4.69) is 28.6 Å². The standard InChI is InChI=1S/C18H34N4O5S/c1-6-9(3)13(16(24)20-11(5)18(26)27)22-17(25)14(10(4)7-2)21-15(23)12(19)8-28/h9-14,28H,6-8,19H2,1-5H3,(H,20,24)(H,21,23)(H,22,25)(H,26,27). The van der Waals surface area contributed by atoms with E-state index in [1.165, 1.54) is 6.92 Å². The number of hydrogen-bond acceptors (Lipinski definition) is 6. The maximum Gasteiger partial charge on any atom is 0.325 e. The molecule has 0 spiro atoms. The van der Waals surface area contributed by atoms with E-state index in [0.29, 0.717) is 12.8 Å². The van der Waals surface area contributed by atoms with Gasteiger partial charge in [-0.25, -0.2) is 0 Å². The van der Waals surface area contributed by atoms with E-state index in [0.717, 1.165) is 0 Å². The molecule has 0 fully saturated rings. The molecule has 0 heterocycles. The molecule has 6 N–H and O–H groups in total. The SMILES string of the molecule is CCC(C)C(NC(=O)C(N)CS)C(=O)NC(C(=O)NC(C)C(=O)O)C(C)CC. The van der Waals surface area contributed by atoms with Gasteiger partial charge in [0.1, 0.15) is 18.1 Å². The normalized spacial score (nSPS) is 17.4. The van der Waals surface area contributed by atoms with Crippen molar-refractivity contribution >= 4 is 36.3 Å². The van der Waals surface area contributed by atoms with Crippen LogP contribution in [0.25, 0.3) is 0 Å². The Morgan fingerprint density at radius 1 is 0.857 bits per heavy atom. The summed E-state index contributed by atoms with van der Waals surface area (Å²) < 4.78 is 0. The van der Waals surface area contributed by atoms with E-state index >= 15 is 0 Å². The highest BCUT2D eigenvalue weighted by Crippen LogP contribution is 2.12. The van der Waals surface area contributed by atoms with Crippen molar-refractivity contribution in [3.8, 4) is 0 Å². The van der Waals surface area contributed by atoms with Crippen LogP contribution in [0, 0.1) is 11.8 Å². The van der Waals surface area contributed by atoms with Gasteiger partial charge in [0.2, 0.25) is 17.7 Å². The first-order chi connectivity index (χ1) is 13.0. The summed E-state index contributed by atoms with van der Waals surface area (Å²) in [5.74, 6) is -3.08. The summed E-state index contributed by atoms with van der Waals surface area (Å²) in [4.78, 5) is 48.5. The molecule has 0 aliphatic carbocycles. The van der Waals surface area contributed by atoms with E-state index in [4.69, 9.17) is 10.8 Å². The lowest BCUT2D eigenvalue weighted by Gasteiger charge is -2.29. The largest absolute Gasteiger partial charge is 0.480 e. The van der Waals surface area contributed by atoms with E-state index in [1.54, 1.807) is 6.92 Å². The predicted molar refractivity (Wildman–Crippen MR) is 110 cm³/mol. The van der Waals surface area contributed by atoms with Crippen molar-refractivity contribution in [2.75, 3.05) is 5.75 Å². The molecule has 0 aromatic heterocycles. The molecule has 0 rings (SSSR count). The number of carbonyl (C=O) groups is 4. The summed E-state index contributed by atoms with van der Waals surface area (Å²) in [6, 6.07) is -3.75. The number of carbonyl (C=O) groups excluding carboxylic acids is 3. The van der Waals surface area contributed by atoms with Crippen molar-refractivity contribution in [3.63, 3.8) is 0 Å². The lowest BCUT2D eigenvalue weighted by atomic mass is 9.94. The molecular formula is C18H34N4O5S. The van der Waals surface area contributed by atoms with Gasteiger partial charge in [0.15, 0.2) is 0 Å². The van der Waals surface area contributed by atoms with Crippen LogP contribution in [0.15, 0.2) is 0 Å². The van der Waals surface area contributed by atoms with Crippen molar-refractivity contribution in [1.29, 1.82) is 0 Å². The maximum absolute atomic E-state index is 12.9. The Kier molecular flexibility index (Phi) is 11.8. The van der Waals surface area contributed by atoms with Crippen molar-refractivity contribution in [2.24, 2.45) is 17.6 Å². The minimum Gasteiger partial charge on any atom is -0.480 e. The van der Waals surface area contributed by atoms with Crippen LogP contribution >= 0.6 is 12.6 Å². The predicted octanol–water partition coefficient (Wildman–Crippen LogP) is -0.105. The van der Waals surface area contributed by atoms with E-state index in [9.17, 15) is 19.2 Å². The number of nitrogens with one attached hydrogen (secondary N) is 3. The van der Waals surface area contributed by atoms with Crippen molar-refractivity contribution in [3.05, 3.63) is 0 Å². The zero-order chi connectivity index (χ0) is 22.0. The highest BCUT2D eigenvalue weighted by Gasteiger charge is 2.33. The molecule has 10 heteroatoms. The number of thiol groups is 1. The Hall–Kier alpha value is -1.81. The van der Waals surface area contributed by atoms with Crippen LogP contribution in [-0.4, -0.2) is 58.7 Å². The second-order valence-corrected chi connectivity index (χ2v) is 7.47. The number of hydrogen-bond donors (Lipinski definition) is 6. The lowest BCUT2D eigenvalue weighted by molar-refractivity contribution is -0.142. The lowest BCUT2D eigenvalue weighted by Crippen LogP contribution is -2.59. The van der Waals surface area contributed by atoms with Crippen LogP contribution in [0.1, 0.15) is 47.5 Å². The second-order valence-electron chi connectivity index (χ2n) is 7.10. The molecule has 3 amide bonds. The van der Waals surface area contributed by atoms with Crippen molar-refractivity contribution < 1.29 is 24.3 Å². The molecule has 28 heavy (non-hydrogen) atoms. The van der Waals surface area contributed by atoms with Gasteiger partial charge in [-0.3, -0.25) is 19.2 Å². The van der Waals surface area contributed by atoms with Crippen LogP contribution in [0.4, 0.5) is 0 Å². The summed E-state index contributed by atoms with van der Waals surface area (Å²) in [5, 5.41) is 16.7. The summed E-state index contributed by atoms with van der Waals surface area (Å²) in [6.45, 7) is 8.67. The molecule has 9 nitrogen and oxygen atoms in total. The van der Waals surface area contributed by atoms with Crippen molar-refractivity contribution in [2.45, 2.75) is 71.6 Å². The van der Waals surface area contributed by atoms with E-state index < -0.39 is 47.9 Å². The molecule has 162 valence electrons. The second kappa shape index (κ2) is 12.6. The third kappa shape index (κ3) is 8.05. The molecule has 0 aromatic rings. The first-order valence-electron chi connectivity index (χ1n) is 9.50. The molecule has 0 bridgehead atoms. The van der Waals surface area contributed by atoms with Gasteiger partial charge in [-0.15, -0.1) is 0 Å². The zero-order valence-electron chi connectivity index (χ0n) is 17.2. The highest BCUT2D eigenvalue weighted by atomic mass is 32.1. The molecule has 6 unspecified atom stereocenters. The zero-order valence-corrected chi connectivity index (χ0v) is 18.1. The van der Waals surface area contributed by atoms with Gasteiger partial charge in [-0.1, -0.05) is 40.5 Å². The van der Waals surface area contributed by atoms with Crippen LogP contribution < -0.4 is 21.7 Å². The maximum atomic E-state index is 12.9. The van der Waals surface area contributed by atoms with Gasteiger partial charge in [0, 0.05) is 5.75 Å². The molecule has 6 atom stereocenters. The van der Waals surface area contributed by atoms with E-state index in [1.807, 2.05) is 20.8 Å². The van der Waals surface area contributed by atoms with Gasteiger partial charge < -0.3 is 26.8 Å². The number of carboxylic acid groups (broad SMARTS) is 1. The first kappa shape index (κ1) is 26.2. The summed E-state index contributed by atoms with van der Waals surface area (Å²) in [7, 11) is 0. The Morgan fingerprint density at radius 3 is 1.61 bits per heavy atom. The number of rotatable bonds is 12. The fraction of sp³-hybridized carbons (Fsp3) is 0.778. The molecular weight excluding hydrogens is 384 g/mol. The van der Waals surface area contributed by atoms with Crippen LogP contribution in [-0.2, 0) is 19.2 Å². The molecule has 0 saturated carbocycles. The van der Waals surface area contributed by atoms with Gasteiger partial charge >= 0.3 is 5.97 Å². The molecule has 0 aromatic carbocycles. The monoisotopic (exact) mass is 418 g/mol. The highest BCUT2D eigenvalue weighted by molar-refractivity contribution is 7.80. The van der Waals surface area contributed by atoms with E-state index in [-0.39, 0.29) is 17.6 Å². The minimum absolute atomic E-state index is 0.131. The van der Waals surface area contributed by atoms with Crippen molar-refractivity contribution in [1.82, 2.24) is 16.0 Å². The van der Waals surface area contributed by atoms with Crippen LogP contribution in [0.2, 0.25) is 0 Å². The fourth-order valence-electron chi connectivity index (χ4n) is 2.36. The summed E-state index contributed by atoms with van der Waals surface area (Å²) in [5.41, 5.74) is 5.67. The smallest absolute Gasteiger partial charge is 0.325 e. The summed E-state index contributed by atoms with van der Waals surface area (Å²) >= 11 is 3.99. The van der Waals surface area contributed by atoms with Gasteiger partial charge in [-0.2, -0.15) is 12.6 Å². The van der Waals surface area contributed by atoms with Gasteiger partial charge in [0.05, 0.1) is 6.04 Å². The fourth-order valence-corrected chi connectivity index (χ4v) is 2.52. The third-order valence-electron chi connectivity index (χ3n) is 4.85. The molecule has 0 saturated heterocycles. The Labute approximate surface area is 172 Å². The molecule has 0 aliphatic heterocycles. The minimum atomic E-state index is -1.17.